The number of aromatic amines is 1. The van der Waals surface area contributed by atoms with E-state index < -0.39 is 5.82 Å². The second-order valence-corrected chi connectivity index (χ2v) is 6.02. The molecule has 0 atom stereocenters. The van der Waals surface area contributed by atoms with E-state index in [0.29, 0.717) is 19.4 Å². The summed E-state index contributed by atoms with van der Waals surface area (Å²) in [5, 5.41) is 11.9. The summed E-state index contributed by atoms with van der Waals surface area (Å²) in [5.74, 6) is 0.230. The molecule has 3 rings (SSSR count). The van der Waals surface area contributed by atoms with Crippen LogP contribution >= 0.6 is 0 Å². The monoisotopic (exact) mass is 341 g/mol. The first-order valence-corrected chi connectivity index (χ1v) is 8.16. The maximum Gasteiger partial charge on any atom is 0.220 e. The number of nitrogens with one attached hydrogen (secondary N) is 2. The molecular weight excluding hydrogens is 321 g/mol. The number of fused-ring (bicyclic) bond motifs is 1. The molecule has 0 unspecified atom stereocenters. The van der Waals surface area contributed by atoms with Gasteiger partial charge in [0.15, 0.2) is 0 Å². The first kappa shape index (κ1) is 17.1. The molecule has 3 aromatic rings. The lowest BCUT2D eigenvalue weighted by Gasteiger charge is -2.07. The molecule has 3 N–H and O–H groups in total. The minimum Gasteiger partial charge on any atom is -0.392 e. The Hall–Kier alpha value is -2.73. The van der Waals surface area contributed by atoms with E-state index in [-0.39, 0.29) is 18.1 Å². The van der Waals surface area contributed by atoms with Crippen LogP contribution in [0, 0.1) is 12.7 Å². The van der Waals surface area contributed by atoms with Crippen LogP contribution in [0.1, 0.15) is 28.9 Å². The van der Waals surface area contributed by atoms with Crippen molar-refractivity contribution in [3.8, 4) is 0 Å². The van der Waals surface area contributed by atoms with Gasteiger partial charge in [0.1, 0.15) is 11.6 Å². The molecule has 1 amide bonds. The Kier molecular flexibility index (Phi) is 5.09. The van der Waals surface area contributed by atoms with Crippen molar-refractivity contribution in [2.24, 2.45) is 0 Å². The number of rotatable bonds is 6. The molecule has 1 aromatic heterocycles. The largest absolute Gasteiger partial charge is 0.392 e. The maximum absolute atomic E-state index is 13.3. The number of aromatic nitrogens is 2. The summed E-state index contributed by atoms with van der Waals surface area (Å²) in [6.07, 6.45) is 0.832. The standard InChI is InChI=1S/C19H20FN3O2/c1-12-3-2-4-16-19(12)23-17(22-16)7-8-18(25)21-10-13-5-6-15(20)14(9-13)11-24/h2-6,9,24H,7-8,10-11H2,1H3,(H,21,25)(H,22,23). The number of para-hydroxylation sites is 1. The Balaban J connectivity index is 1.54. The topological polar surface area (TPSA) is 78.0 Å². The second kappa shape index (κ2) is 7.44. The van der Waals surface area contributed by atoms with E-state index in [1.807, 2.05) is 25.1 Å². The first-order chi connectivity index (χ1) is 12.1. The van der Waals surface area contributed by atoms with E-state index >= 15 is 0 Å². The lowest BCUT2D eigenvalue weighted by molar-refractivity contribution is -0.121. The highest BCUT2D eigenvalue weighted by molar-refractivity contribution is 5.79. The molecule has 0 fully saturated rings. The summed E-state index contributed by atoms with van der Waals surface area (Å²) in [6.45, 7) is 1.94. The Morgan fingerprint density at radius 3 is 2.92 bits per heavy atom. The van der Waals surface area contributed by atoms with Crippen molar-refractivity contribution in [3.05, 3.63) is 64.7 Å². The van der Waals surface area contributed by atoms with Crippen LogP contribution in [-0.2, 0) is 24.4 Å². The molecule has 0 aliphatic carbocycles. The minimum absolute atomic E-state index is 0.105. The number of aliphatic hydroxyl groups is 1. The molecule has 0 saturated carbocycles. The van der Waals surface area contributed by atoms with Crippen LogP contribution in [-0.4, -0.2) is 21.0 Å². The molecule has 0 spiro atoms. The summed E-state index contributed by atoms with van der Waals surface area (Å²) < 4.78 is 13.3. The molecule has 6 heteroatoms. The van der Waals surface area contributed by atoms with Crippen LogP contribution in [0.4, 0.5) is 4.39 Å². The average molecular weight is 341 g/mol. The lowest BCUT2D eigenvalue weighted by atomic mass is 10.1. The highest BCUT2D eigenvalue weighted by Gasteiger charge is 2.08. The minimum atomic E-state index is -0.447. The van der Waals surface area contributed by atoms with Crippen LogP contribution in [0.3, 0.4) is 0 Å². The van der Waals surface area contributed by atoms with Crippen LogP contribution < -0.4 is 5.32 Å². The fourth-order valence-electron chi connectivity index (χ4n) is 2.73. The molecule has 130 valence electrons. The predicted octanol–water partition coefficient (Wildman–Crippen LogP) is 2.75. The van der Waals surface area contributed by atoms with Gasteiger partial charge < -0.3 is 15.4 Å². The third-order valence-electron chi connectivity index (χ3n) is 4.12. The third kappa shape index (κ3) is 4.03. The van der Waals surface area contributed by atoms with Crippen LogP contribution in [0.25, 0.3) is 11.0 Å². The van der Waals surface area contributed by atoms with E-state index in [1.165, 1.54) is 6.07 Å². The average Bonchev–Trinajstić information content (AvgIpc) is 3.04. The third-order valence-corrected chi connectivity index (χ3v) is 4.12. The Bertz CT molecular complexity index is 905. The van der Waals surface area contributed by atoms with E-state index in [2.05, 4.69) is 15.3 Å². The number of nitrogens with zero attached hydrogens (tertiary/aromatic N) is 1. The van der Waals surface area contributed by atoms with Crippen molar-refractivity contribution in [1.29, 1.82) is 0 Å². The first-order valence-electron chi connectivity index (χ1n) is 8.16. The molecule has 0 aliphatic rings. The van der Waals surface area contributed by atoms with Gasteiger partial charge in [-0.15, -0.1) is 0 Å². The van der Waals surface area contributed by atoms with Gasteiger partial charge in [-0.2, -0.15) is 0 Å². The van der Waals surface area contributed by atoms with E-state index in [1.54, 1.807) is 12.1 Å². The Morgan fingerprint density at radius 1 is 1.32 bits per heavy atom. The Morgan fingerprint density at radius 2 is 2.16 bits per heavy atom. The molecule has 0 bridgehead atoms. The zero-order valence-electron chi connectivity index (χ0n) is 14.0. The highest BCUT2D eigenvalue weighted by Crippen LogP contribution is 2.16. The SMILES string of the molecule is Cc1cccc2[nH]c(CCC(=O)NCc3ccc(F)c(CO)c3)nc12. The number of hydrogen-bond acceptors (Lipinski definition) is 3. The number of aliphatic hydroxyl groups excluding tert-OH is 1. The van der Waals surface area contributed by atoms with Crippen LogP contribution in [0.5, 0.6) is 0 Å². The highest BCUT2D eigenvalue weighted by atomic mass is 19.1. The normalized spacial score (nSPS) is 11.0. The predicted molar refractivity (Wildman–Crippen MR) is 93.3 cm³/mol. The van der Waals surface area contributed by atoms with Gasteiger partial charge in [-0.05, 0) is 36.2 Å². The summed E-state index contributed by atoms with van der Waals surface area (Å²) in [6, 6.07) is 10.4. The number of carbonyl (C=O) groups is 1. The molecule has 5 nitrogen and oxygen atoms in total. The number of aryl methyl sites for hydroxylation is 2. The van der Waals surface area contributed by atoms with Crippen molar-refractivity contribution in [2.75, 3.05) is 0 Å². The second-order valence-electron chi connectivity index (χ2n) is 6.02. The van der Waals surface area contributed by atoms with Gasteiger partial charge in [0.2, 0.25) is 5.91 Å². The lowest BCUT2D eigenvalue weighted by Crippen LogP contribution is -2.23. The summed E-state index contributed by atoms with van der Waals surface area (Å²) in [5.41, 5.74) is 3.97. The number of amides is 1. The number of hydrogen-bond donors (Lipinski definition) is 3. The van der Waals surface area contributed by atoms with Crippen molar-refractivity contribution < 1.29 is 14.3 Å². The molecule has 0 saturated heterocycles. The number of H-pyrrole nitrogens is 1. The van der Waals surface area contributed by atoms with Crippen LogP contribution in [0.2, 0.25) is 0 Å². The fraction of sp³-hybridized carbons (Fsp3) is 0.263. The van der Waals surface area contributed by atoms with Gasteiger partial charge in [-0.3, -0.25) is 4.79 Å². The molecule has 0 aliphatic heterocycles. The summed E-state index contributed by atoms with van der Waals surface area (Å²) in [7, 11) is 0. The molecule has 2 aromatic carbocycles. The summed E-state index contributed by atoms with van der Waals surface area (Å²) in [4.78, 5) is 19.8. The van der Waals surface area contributed by atoms with E-state index in [4.69, 9.17) is 5.11 Å². The van der Waals surface area contributed by atoms with Crippen molar-refractivity contribution in [1.82, 2.24) is 15.3 Å². The van der Waals surface area contributed by atoms with Gasteiger partial charge in [0, 0.05) is 24.9 Å². The molecule has 1 heterocycles. The van der Waals surface area contributed by atoms with Gasteiger partial charge in [0.25, 0.3) is 0 Å². The number of benzene rings is 2. The smallest absolute Gasteiger partial charge is 0.220 e. The summed E-state index contributed by atoms with van der Waals surface area (Å²) >= 11 is 0. The molecule has 25 heavy (non-hydrogen) atoms. The van der Waals surface area contributed by atoms with Gasteiger partial charge in [-0.25, -0.2) is 9.37 Å². The number of imidazole rings is 1. The zero-order chi connectivity index (χ0) is 17.8. The van der Waals surface area contributed by atoms with Gasteiger partial charge in [-0.1, -0.05) is 18.2 Å². The van der Waals surface area contributed by atoms with Crippen molar-refractivity contribution in [3.63, 3.8) is 0 Å². The number of carbonyl (C=O) groups excluding carboxylic acids is 1. The molecular formula is C19H20FN3O2. The van der Waals surface area contributed by atoms with Crippen LogP contribution in [0.15, 0.2) is 36.4 Å². The maximum atomic E-state index is 13.3. The van der Waals surface area contributed by atoms with Gasteiger partial charge in [0.05, 0.1) is 17.6 Å². The van der Waals surface area contributed by atoms with E-state index in [9.17, 15) is 9.18 Å². The van der Waals surface area contributed by atoms with Gasteiger partial charge >= 0.3 is 0 Å². The fourth-order valence-corrected chi connectivity index (χ4v) is 2.73. The van der Waals surface area contributed by atoms with Crippen molar-refractivity contribution in [2.45, 2.75) is 32.9 Å². The molecule has 0 radical (unpaired) electrons. The number of halogens is 1. The Labute approximate surface area is 144 Å². The van der Waals surface area contributed by atoms with E-state index in [0.717, 1.165) is 28.0 Å². The quantitative estimate of drug-likeness (QED) is 0.645. The van der Waals surface area contributed by atoms with Crippen molar-refractivity contribution >= 4 is 16.9 Å². The zero-order valence-corrected chi connectivity index (χ0v) is 14.0.